The summed E-state index contributed by atoms with van der Waals surface area (Å²) in [6, 6.07) is 8.87. The first-order valence-electron chi connectivity index (χ1n) is 10.6. The third kappa shape index (κ3) is 4.12. The molecule has 2 N–H and O–H groups in total. The molecule has 3 fully saturated rings. The van der Waals surface area contributed by atoms with Crippen molar-refractivity contribution in [3.8, 4) is 0 Å². The van der Waals surface area contributed by atoms with Crippen LogP contribution in [0.3, 0.4) is 0 Å². The smallest absolute Gasteiger partial charge is 0.254 e. The second-order valence-corrected chi connectivity index (χ2v) is 8.47. The molecule has 0 spiro atoms. The van der Waals surface area contributed by atoms with Gasteiger partial charge in [0.25, 0.3) is 5.91 Å². The van der Waals surface area contributed by atoms with E-state index in [4.69, 9.17) is 5.73 Å². The molecule has 1 unspecified atom stereocenters. The molecule has 1 atom stereocenters. The van der Waals surface area contributed by atoms with Crippen molar-refractivity contribution in [1.29, 1.82) is 0 Å². The third-order valence-electron chi connectivity index (χ3n) is 6.45. The first-order chi connectivity index (χ1) is 13.1. The van der Waals surface area contributed by atoms with E-state index >= 15 is 0 Å². The van der Waals surface area contributed by atoms with Crippen molar-refractivity contribution in [1.82, 2.24) is 4.90 Å². The molecule has 3 aliphatic rings. The Balaban J connectivity index is 1.46. The predicted molar refractivity (Wildman–Crippen MR) is 107 cm³/mol. The van der Waals surface area contributed by atoms with Crippen molar-refractivity contribution in [2.45, 2.75) is 69.9 Å². The van der Waals surface area contributed by atoms with E-state index in [-0.39, 0.29) is 17.7 Å². The Morgan fingerprint density at radius 1 is 0.889 bits per heavy atom. The molecule has 1 heterocycles. The number of hydrogen-bond donors (Lipinski definition) is 1. The first-order valence-corrected chi connectivity index (χ1v) is 10.6. The minimum Gasteiger partial charge on any atom is -0.371 e. The van der Waals surface area contributed by atoms with Gasteiger partial charge < -0.3 is 15.5 Å². The number of primary amides is 1. The second-order valence-electron chi connectivity index (χ2n) is 8.47. The van der Waals surface area contributed by atoms with Gasteiger partial charge in [0.1, 0.15) is 0 Å². The van der Waals surface area contributed by atoms with Crippen molar-refractivity contribution in [2.24, 2.45) is 11.7 Å². The highest BCUT2D eigenvalue weighted by Crippen LogP contribution is 2.35. The summed E-state index contributed by atoms with van der Waals surface area (Å²) in [5, 5.41) is 0. The van der Waals surface area contributed by atoms with Gasteiger partial charge in [-0.15, -0.1) is 0 Å². The fourth-order valence-corrected chi connectivity index (χ4v) is 4.75. The van der Waals surface area contributed by atoms with Crippen LogP contribution >= 0.6 is 0 Å². The molecule has 146 valence electrons. The summed E-state index contributed by atoms with van der Waals surface area (Å²) in [5.41, 5.74) is 7.36. The van der Waals surface area contributed by atoms with E-state index < -0.39 is 0 Å². The molecule has 2 saturated carbocycles. The molecule has 2 amide bonds. The Morgan fingerprint density at radius 3 is 2.19 bits per heavy atom. The van der Waals surface area contributed by atoms with Crippen LogP contribution in [-0.4, -0.2) is 41.9 Å². The number of carbonyl (C=O) groups excluding carboxylic acids is 2. The monoisotopic (exact) mass is 369 g/mol. The summed E-state index contributed by atoms with van der Waals surface area (Å²) in [7, 11) is 0. The summed E-state index contributed by atoms with van der Waals surface area (Å²) in [6.07, 6.45) is 10.3. The lowest BCUT2D eigenvalue weighted by atomic mass is 9.93. The quantitative estimate of drug-likeness (QED) is 0.866. The zero-order valence-electron chi connectivity index (χ0n) is 16.1. The largest absolute Gasteiger partial charge is 0.371 e. The maximum atomic E-state index is 13.2. The van der Waals surface area contributed by atoms with Gasteiger partial charge in [-0.3, -0.25) is 9.59 Å². The SMILES string of the molecule is NC(=O)C1CCCN(c2ccc(C(=O)N(C3CCCCC3)C3CC3)cc2)C1. The topological polar surface area (TPSA) is 66.6 Å². The molecule has 0 radical (unpaired) electrons. The predicted octanol–water partition coefficient (Wildman–Crippen LogP) is 3.33. The van der Waals surface area contributed by atoms with Gasteiger partial charge in [0.05, 0.1) is 5.92 Å². The number of nitrogens with zero attached hydrogens (tertiary/aromatic N) is 2. The highest BCUT2D eigenvalue weighted by molar-refractivity contribution is 5.95. The van der Waals surface area contributed by atoms with Crippen LogP contribution in [0, 0.1) is 5.92 Å². The molecule has 27 heavy (non-hydrogen) atoms. The van der Waals surface area contributed by atoms with Gasteiger partial charge in [0, 0.05) is 36.4 Å². The summed E-state index contributed by atoms with van der Waals surface area (Å²) in [5.74, 6) is -0.0830. The summed E-state index contributed by atoms with van der Waals surface area (Å²) >= 11 is 0. The van der Waals surface area contributed by atoms with Crippen molar-refractivity contribution >= 4 is 17.5 Å². The number of benzene rings is 1. The molecule has 0 bridgehead atoms. The third-order valence-corrected chi connectivity index (χ3v) is 6.45. The number of carbonyl (C=O) groups is 2. The average molecular weight is 370 g/mol. The van der Waals surface area contributed by atoms with E-state index in [1.54, 1.807) is 0 Å². The summed E-state index contributed by atoms with van der Waals surface area (Å²) in [6.45, 7) is 1.62. The van der Waals surface area contributed by atoms with Crippen molar-refractivity contribution in [2.75, 3.05) is 18.0 Å². The van der Waals surface area contributed by atoms with E-state index in [2.05, 4.69) is 9.80 Å². The van der Waals surface area contributed by atoms with Gasteiger partial charge >= 0.3 is 0 Å². The number of nitrogens with two attached hydrogens (primary N) is 1. The Morgan fingerprint density at radius 2 is 1.56 bits per heavy atom. The van der Waals surface area contributed by atoms with E-state index in [1.165, 1.54) is 19.3 Å². The Bertz CT molecular complexity index is 677. The lowest BCUT2D eigenvalue weighted by molar-refractivity contribution is -0.122. The number of anilines is 1. The number of amides is 2. The number of piperidine rings is 1. The van der Waals surface area contributed by atoms with Crippen LogP contribution < -0.4 is 10.6 Å². The van der Waals surface area contributed by atoms with Gasteiger partial charge in [-0.05, 0) is 62.8 Å². The standard InChI is InChI=1S/C22H31N3O2/c23-21(26)17-5-4-14-24(15-17)18-10-8-16(9-11-18)22(27)25(20-12-13-20)19-6-2-1-3-7-19/h8-11,17,19-20H,1-7,12-15H2,(H2,23,26). The van der Waals surface area contributed by atoms with E-state index in [1.807, 2.05) is 24.3 Å². The van der Waals surface area contributed by atoms with E-state index in [9.17, 15) is 9.59 Å². The summed E-state index contributed by atoms with van der Waals surface area (Å²) in [4.78, 5) is 29.1. The molecule has 1 aromatic rings. The Labute approximate surface area is 161 Å². The van der Waals surface area contributed by atoms with Crippen LogP contribution in [0.1, 0.15) is 68.1 Å². The van der Waals surface area contributed by atoms with Crippen LogP contribution in [0.4, 0.5) is 5.69 Å². The van der Waals surface area contributed by atoms with Crippen LogP contribution in [0.5, 0.6) is 0 Å². The van der Waals surface area contributed by atoms with Crippen molar-refractivity contribution in [3.05, 3.63) is 29.8 Å². The molecule has 1 aliphatic heterocycles. The van der Waals surface area contributed by atoms with Crippen molar-refractivity contribution in [3.63, 3.8) is 0 Å². The molecule has 5 nitrogen and oxygen atoms in total. The van der Waals surface area contributed by atoms with Gasteiger partial charge in [-0.25, -0.2) is 0 Å². The zero-order valence-corrected chi connectivity index (χ0v) is 16.1. The minimum atomic E-state index is -0.209. The molecule has 5 heteroatoms. The minimum absolute atomic E-state index is 0.0725. The maximum absolute atomic E-state index is 13.2. The fraction of sp³-hybridized carbons (Fsp3) is 0.636. The average Bonchev–Trinajstić information content (AvgIpc) is 3.54. The van der Waals surface area contributed by atoms with Crippen LogP contribution in [0.25, 0.3) is 0 Å². The van der Waals surface area contributed by atoms with Gasteiger partial charge in [0.15, 0.2) is 0 Å². The molecule has 0 aromatic heterocycles. The second kappa shape index (κ2) is 7.91. The van der Waals surface area contributed by atoms with Gasteiger partial charge in [0.2, 0.25) is 5.91 Å². The van der Waals surface area contributed by atoms with Gasteiger partial charge in [-0.1, -0.05) is 19.3 Å². The van der Waals surface area contributed by atoms with Crippen LogP contribution in [0.15, 0.2) is 24.3 Å². The molecule has 2 aliphatic carbocycles. The molecular weight excluding hydrogens is 338 g/mol. The Kier molecular flexibility index (Phi) is 5.37. The highest BCUT2D eigenvalue weighted by atomic mass is 16.2. The lowest BCUT2D eigenvalue weighted by Crippen LogP contribution is -2.43. The van der Waals surface area contributed by atoms with E-state index in [0.29, 0.717) is 18.6 Å². The zero-order chi connectivity index (χ0) is 18.8. The fourth-order valence-electron chi connectivity index (χ4n) is 4.75. The Hall–Kier alpha value is -2.04. The highest BCUT2D eigenvalue weighted by Gasteiger charge is 2.38. The summed E-state index contributed by atoms with van der Waals surface area (Å²) < 4.78 is 0. The van der Waals surface area contributed by atoms with Crippen molar-refractivity contribution < 1.29 is 9.59 Å². The number of hydrogen-bond acceptors (Lipinski definition) is 3. The lowest BCUT2D eigenvalue weighted by Gasteiger charge is -2.35. The normalized spacial score (nSPS) is 23.9. The first kappa shape index (κ1) is 18.3. The van der Waals surface area contributed by atoms with Crippen LogP contribution in [0.2, 0.25) is 0 Å². The maximum Gasteiger partial charge on any atom is 0.254 e. The van der Waals surface area contributed by atoms with E-state index in [0.717, 1.165) is 56.3 Å². The molecule has 4 rings (SSSR count). The molecule has 1 saturated heterocycles. The number of rotatable bonds is 5. The molecular formula is C22H31N3O2. The molecule has 1 aromatic carbocycles. The van der Waals surface area contributed by atoms with Crippen LogP contribution in [-0.2, 0) is 4.79 Å². The van der Waals surface area contributed by atoms with Gasteiger partial charge in [-0.2, -0.15) is 0 Å².